The number of nitrogens with two attached hydrogens (primary N) is 1. The van der Waals surface area contributed by atoms with Crippen LogP contribution in [0.2, 0.25) is 0 Å². The first-order valence-corrected chi connectivity index (χ1v) is 9.19. The van der Waals surface area contributed by atoms with Crippen LogP contribution in [-0.2, 0) is 11.2 Å². The van der Waals surface area contributed by atoms with Gasteiger partial charge in [0.2, 0.25) is 0 Å². The van der Waals surface area contributed by atoms with E-state index in [1.165, 1.54) is 48.7 Å². The van der Waals surface area contributed by atoms with Crippen LogP contribution in [0.1, 0.15) is 61.5 Å². The molecule has 1 aliphatic rings. The number of fused-ring (bicyclic) bond motifs is 1. The zero-order chi connectivity index (χ0) is 18.0. The molecule has 6 heteroatoms. The zero-order valence-corrected chi connectivity index (χ0v) is 15.1. The predicted octanol–water partition coefficient (Wildman–Crippen LogP) is 2.92. The highest BCUT2D eigenvalue weighted by atomic mass is 16.5. The van der Waals surface area contributed by atoms with Crippen LogP contribution < -0.4 is 11.2 Å². The van der Waals surface area contributed by atoms with Crippen molar-refractivity contribution in [2.75, 3.05) is 0 Å². The van der Waals surface area contributed by atoms with Crippen LogP contribution in [0.5, 0.6) is 0 Å². The molecule has 3 rings (SSSR count). The van der Waals surface area contributed by atoms with Gasteiger partial charge in [-0.1, -0.05) is 19.3 Å². The maximum atomic E-state index is 11.5. The Morgan fingerprint density at radius 2 is 2.00 bits per heavy atom. The summed E-state index contributed by atoms with van der Waals surface area (Å²) >= 11 is 0. The van der Waals surface area contributed by atoms with Crippen molar-refractivity contribution in [1.29, 1.82) is 0 Å². The Kier molecular flexibility index (Phi) is 5.39. The summed E-state index contributed by atoms with van der Waals surface area (Å²) < 4.78 is 2.38. The summed E-state index contributed by atoms with van der Waals surface area (Å²) in [5, 5.41) is 8.74. The van der Waals surface area contributed by atoms with Crippen LogP contribution in [-0.4, -0.2) is 26.7 Å². The zero-order valence-electron chi connectivity index (χ0n) is 15.1. The number of hydrogen-bond donors (Lipinski definition) is 3. The van der Waals surface area contributed by atoms with Gasteiger partial charge in [-0.15, -0.1) is 0 Å². The lowest BCUT2D eigenvalue weighted by molar-refractivity contribution is -0.130. The summed E-state index contributed by atoms with van der Waals surface area (Å²) in [7, 11) is 0. The quantitative estimate of drug-likeness (QED) is 0.574. The van der Waals surface area contributed by atoms with E-state index in [0.29, 0.717) is 18.9 Å². The lowest BCUT2D eigenvalue weighted by Gasteiger charge is -2.26. The normalized spacial score (nSPS) is 17.0. The molecule has 0 saturated heterocycles. The van der Waals surface area contributed by atoms with E-state index in [-0.39, 0.29) is 0 Å². The van der Waals surface area contributed by atoms with Gasteiger partial charge in [0.05, 0.1) is 17.1 Å². The second-order valence-corrected chi connectivity index (χ2v) is 7.24. The number of benzene rings is 1. The molecule has 1 amide bonds. The van der Waals surface area contributed by atoms with E-state index < -0.39 is 11.9 Å². The Morgan fingerprint density at radius 3 is 2.68 bits per heavy atom. The third kappa shape index (κ3) is 3.70. The molecular weight excluding hydrogens is 316 g/mol. The molecule has 1 heterocycles. The van der Waals surface area contributed by atoms with Crippen molar-refractivity contribution in [3.63, 3.8) is 0 Å². The van der Waals surface area contributed by atoms with Crippen molar-refractivity contribution in [2.24, 2.45) is 5.73 Å². The minimum Gasteiger partial charge on any atom is -0.325 e. The van der Waals surface area contributed by atoms with Crippen LogP contribution in [0.15, 0.2) is 12.1 Å². The van der Waals surface area contributed by atoms with Crippen LogP contribution in [0, 0.1) is 13.8 Å². The minimum absolute atomic E-state index is 0.459. The highest BCUT2D eigenvalue weighted by molar-refractivity contribution is 5.80. The molecule has 1 saturated carbocycles. The van der Waals surface area contributed by atoms with Gasteiger partial charge in [0.1, 0.15) is 5.82 Å². The lowest BCUT2D eigenvalue weighted by Crippen LogP contribution is -2.39. The maximum absolute atomic E-state index is 11.5. The number of hydrogen-bond acceptors (Lipinski definition) is 4. The average Bonchev–Trinajstić information content (AvgIpc) is 2.97. The highest BCUT2D eigenvalue weighted by Crippen LogP contribution is 2.33. The number of imidazole rings is 1. The van der Waals surface area contributed by atoms with E-state index in [1.54, 1.807) is 5.48 Å². The van der Waals surface area contributed by atoms with Crippen molar-refractivity contribution in [1.82, 2.24) is 15.0 Å². The fourth-order valence-electron chi connectivity index (χ4n) is 3.82. The van der Waals surface area contributed by atoms with E-state index in [9.17, 15) is 4.79 Å². The number of carbonyl (C=O) groups is 1. The number of nitrogens with zero attached hydrogens (tertiary/aromatic N) is 2. The molecule has 1 aromatic carbocycles. The molecule has 0 spiro atoms. The number of amides is 1. The molecule has 0 aliphatic heterocycles. The van der Waals surface area contributed by atoms with Crippen molar-refractivity contribution < 1.29 is 10.0 Å². The summed E-state index contributed by atoms with van der Waals surface area (Å²) in [5.74, 6) is 0.445. The molecule has 1 atom stereocenters. The summed E-state index contributed by atoms with van der Waals surface area (Å²) in [4.78, 5) is 16.3. The Hall–Kier alpha value is -1.92. The minimum atomic E-state index is -0.729. The largest absolute Gasteiger partial charge is 0.325 e. The molecule has 0 unspecified atom stereocenters. The molecule has 2 aromatic rings. The van der Waals surface area contributed by atoms with Gasteiger partial charge in [0.25, 0.3) is 5.91 Å². The first-order chi connectivity index (χ1) is 12.0. The van der Waals surface area contributed by atoms with Crippen LogP contribution in [0.4, 0.5) is 0 Å². The Labute approximate surface area is 148 Å². The molecule has 1 fully saturated rings. The Bertz CT molecular complexity index is 762. The van der Waals surface area contributed by atoms with Gasteiger partial charge in [-0.3, -0.25) is 10.0 Å². The molecule has 1 aromatic heterocycles. The predicted molar refractivity (Wildman–Crippen MR) is 97.6 cm³/mol. The van der Waals surface area contributed by atoms with Gasteiger partial charge in [-0.25, -0.2) is 10.5 Å². The number of aromatic nitrogens is 2. The average molecular weight is 344 g/mol. The fourth-order valence-corrected chi connectivity index (χ4v) is 3.82. The first-order valence-electron chi connectivity index (χ1n) is 9.19. The van der Waals surface area contributed by atoms with Crippen LogP contribution in [0.3, 0.4) is 0 Å². The standard InChI is InChI=1S/C19H28N4O2/c1-12-10-16-17(11-13(12)2)23(14-6-4-3-5-7-14)18(21-16)9-8-15(20)19(24)22-25/h10-11,14-15,25H,3-9,20H2,1-2H3,(H,22,24)/t15-/m0/s1. The molecule has 25 heavy (non-hydrogen) atoms. The SMILES string of the molecule is Cc1cc2nc(CC[C@H](N)C(=O)NO)n(C3CCCCC3)c2cc1C. The Balaban J connectivity index is 1.96. The summed E-state index contributed by atoms with van der Waals surface area (Å²) in [6, 6.07) is 4.12. The van der Waals surface area contributed by atoms with Gasteiger partial charge < -0.3 is 10.3 Å². The number of hydroxylamine groups is 1. The number of nitrogens with one attached hydrogen (secondary N) is 1. The molecule has 0 radical (unpaired) electrons. The fraction of sp³-hybridized carbons (Fsp3) is 0.579. The number of carbonyl (C=O) groups excluding carboxylic acids is 1. The van der Waals surface area contributed by atoms with E-state index in [4.69, 9.17) is 15.9 Å². The monoisotopic (exact) mass is 344 g/mol. The Morgan fingerprint density at radius 1 is 1.32 bits per heavy atom. The van der Waals surface area contributed by atoms with E-state index in [1.807, 2.05) is 0 Å². The third-order valence-corrected chi connectivity index (χ3v) is 5.44. The van der Waals surface area contributed by atoms with Crippen LogP contribution >= 0.6 is 0 Å². The van der Waals surface area contributed by atoms with E-state index in [2.05, 4.69) is 30.5 Å². The third-order valence-electron chi connectivity index (χ3n) is 5.44. The molecular formula is C19H28N4O2. The molecule has 0 bridgehead atoms. The van der Waals surface area contributed by atoms with Crippen LogP contribution in [0.25, 0.3) is 11.0 Å². The van der Waals surface area contributed by atoms with E-state index >= 15 is 0 Å². The molecule has 136 valence electrons. The maximum Gasteiger partial charge on any atom is 0.260 e. The molecule has 4 N–H and O–H groups in total. The number of aryl methyl sites for hydroxylation is 3. The summed E-state index contributed by atoms with van der Waals surface area (Å²) in [6.45, 7) is 4.24. The summed E-state index contributed by atoms with van der Waals surface area (Å²) in [5.41, 5.74) is 12.2. The van der Waals surface area contributed by atoms with Gasteiger partial charge >= 0.3 is 0 Å². The highest BCUT2D eigenvalue weighted by Gasteiger charge is 2.23. The second-order valence-electron chi connectivity index (χ2n) is 7.24. The topological polar surface area (TPSA) is 93.2 Å². The van der Waals surface area contributed by atoms with Crippen molar-refractivity contribution >= 4 is 16.9 Å². The summed E-state index contributed by atoms with van der Waals surface area (Å²) in [6.07, 6.45) is 7.24. The first kappa shape index (κ1) is 17.9. The van der Waals surface area contributed by atoms with Gasteiger partial charge in [-0.05, 0) is 56.4 Å². The lowest BCUT2D eigenvalue weighted by atomic mass is 9.94. The smallest absolute Gasteiger partial charge is 0.260 e. The van der Waals surface area contributed by atoms with Gasteiger partial charge in [-0.2, -0.15) is 0 Å². The molecule has 6 nitrogen and oxygen atoms in total. The van der Waals surface area contributed by atoms with Crippen molar-refractivity contribution in [2.45, 2.75) is 70.9 Å². The van der Waals surface area contributed by atoms with Crippen molar-refractivity contribution in [3.05, 3.63) is 29.1 Å². The van der Waals surface area contributed by atoms with Gasteiger partial charge in [0, 0.05) is 12.5 Å². The van der Waals surface area contributed by atoms with Crippen molar-refractivity contribution in [3.8, 4) is 0 Å². The number of rotatable bonds is 5. The second kappa shape index (κ2) is 7.54. The molecule has 1 aliphatic carbocycles. The van der Waals surface area contributed by atoms with E-state index in [0.717, 1.165) is 11.3 Å². The van der Waals surface area contributed by atoms with Gasteiger partial charge in [0.15, 0.2) is 0 Å².